The molecule has 0 bridgehead atoms. The van der Waals surface area contributed by atoms with Crippen LogP contribution < -0.4 is 0 Å². The number of carboxylic acids is 1. The van der Waals surface area contributed by atoms with Crippen LogP contribution in [0.1, 0.15) is 29.9 Å². The van der Waals surface area contributed by atoms with Crippen molar-refractivity contribution in [2.75, 3.05) is 0 Å². The summed E-state index contributed by atoms with van der Waals surface area (Å²) in [7, 11) is 0. The van der Waals surface area contributed by atoms with Gasteiger partial charge in [0.25, 0.3) is 0 Å². The maximum atomic E-state index is 11.8. The zero-order chi connectivity index (χ0) is 12.1. The maximum Gasteiger partial charge on any atom is 0.317 e. The molecular formula is C11H15ClO3S2. The fourth-order valence-electron chi connectivity index (χ4n) is 1.19. The van der Waals surface area contributed by atoms with E-state index in [9.17, 15) is 9.59 Å². The number of halogens is 1. The number of thiophene rings is 1. The molecule has 0 fully saturated rings. The summed E-state index contributed by atoms with van der Waals surface area (Å²) in [5.41, 5.74) is 0. The minimum atomic E-state index is -0.913. The molecule has 2 atom stereocenters. The Bertz CT molecular complexity index is 365. The molecule has 0 saturated carbocycles. The molecule has 3 nitrogen and oxygen atoms in total. The standard InChI is InChI=1S/C11H14O3S2.ClH/c1-3-7(2)9(10(12)13)16-11(14)8-5-4-6-15-8;/h4-7,9H,3H2,1-2H3,(H,12,13);1H. The molecule has 0 aliphatic rings. The van der Waals surface area contributed by atoms with E-state index in [-0.39, 0.29) is 23.4 Å². The van der Waals surface area contributed by atoms with Crippen molar-refractivity contribution in [1.29, 1.82) is 0 Å². The molecule has 0 radical (unpaired) electrons. The monoisotopic (exact) mass is 294 g/mol. The highest BCUT2D eigenvalue weighted by Crippen LogP contribution is 2.27. The predicted octanol–water partition coefficient (Wildman–Crippen LogP) is 3.54. The lowest BCUT2D eigenvalue weighted by Gasteiger charge is -2.16. The van der Waals surface area contributed by atoms with Crippen LogP contribution in [0.4, 0.5) is 0 Å². The van der Waals surface area contributed by atoms with Crippen LogP contribution in [0.3, 0.4) is 0 Å². The lowest BCUT2D eigenvalue weighted by atomic mass is 10.1. The normalized spacial score (nSPS) is 13.5. The summed E-state index contributed by atoms with van der Waals surface area (Å²) in [5, 5.41) is 10.1. The summed E-state index contributed by atoms with van der Waals surface area (Å²) in [6.07, 6.45) is 0.752. The van der Waals surface area contributed by atoms with Crippen molar-refractivity contribution in [1.82, 2.24) is 0 Å². The third-order valence-electron chi connectivity index (χ3n) is 2.36. The summed E-state index contributed by atoms with van der Waals surface area (Å²) in [6, 6.07) is 3.51. The van der Waals surface area contributed by atoms with E-state index < -0.39 is 11.2 Å². The highest BCUT2D eigenvalue weighted by Gasteiger charge is 2.27. The Labute approximate surface area is 115 Å². The fraction of sp³-hybridized carbons (Fsp3) is 0.455. The van der Waals surface area contributed by atoms with Gasteiger partial charge in [0.2, 0.25) is 5.12 Å². The molecule has 1 heterocycles. The molecule has 1 aromatic rings. The van der Waals surface area contributed by atoms with Crippen LogP contribution in [0.5, 0.6) is 0 Å². The first kappa shape index (κ1) is 16.5. The molecule has 17 heavy (non-hydrogen) atoms. The number of hydrogen-bond donors (Lipinski definition) is 1. The second-order valence-corrected chi connectivity index (χ2v) is 5.59. The van der Waals surface area contributed by atoms with Gasteiger partial charge in [-0.15, -0.1) is 23.7 Å². The second kappa shape index (κ2) is 7.74. The highest BCUT2D eigenvalue weighted by atomic mass is 35.5. The molecule has 1 aromatic heterocycles. The molecule has 0 amide bonds. The molecule has 96 valence electrons. The Balaban J connectivity index is 0.00000256. The van der Waals surface area contributed by atoms with Crippen molar-refractivity contribution < 1.29 is 14.7 Å². The number of thioether (sulfide) groups is 1. The maximum absolute atomic E-state index is 11.8. The number of carboxylic acid groups (broad SMARTS) is 1. The van der Waals surface area contributed by atoms with Gasteiger partial charge in [0.05, 0.1) is 4.88 Å². The van der Waals surface area contributed by atoms with Crippen LogP contribution in [-0.4, -0.2) is 21.4 Å². The van der Waals surface area contributed by atoms with Gasteiger partial charge >= 0.3 is 5.97 Å². The van der Waals surface area contributed by atoms with Crippen molar-refractivity contribution in [2.24, 2.45) is 5.92 Å². The van der Waals surface area contributed by atoms with Crippen LogP contribution in [-0.2, 0) is 4.79 Å². The lowest BCUT2D eigenvalue weighted by molar-refractivity contribution is -0.137. The van der Waals surface area contributed by atoms with E-state index in [1.807, 2.05) is 19.2 Å². The molecule has 1 N–H and O–H groups in total. The minimum Gasteiger partial charge on any atom is -0.480 e. The topological polar surface area (TPSA) is 54.4 Å². The number of hydrogen-bond acceptors (Lipinski definition) is 4. The van der Waals surface area contributed by atoms with E-state index in [1.165, 1.54) is 11.3 Å². The first-order chi connectivity index (χ1) is 7.56. The quantitative estimate of drug-likeness (QED) is 0.902. The molecule has 6 heteroatoms. The third-order valence-corrected chi connectivity index (χ3v) is 4.71. The van der Waals surface area contributed by atoms with E-state index in [0.717, 1.165) is 18.2 Å². The molecule has 0 aliphatic heterocycles. The average Bonchev–Trinajstić information content (AvgIpc) is 2.77. The Morgan fingerprint density at radius 3 is 2.59 bits per heavy atom. The molecule has 0 spiro atoms. The van der Waals surface area contributed by atoms with Gasteiger partial charge in [-0.2, -0.15) is 0 Å². The van der Waals surface area contributed by atoms with Crippen LogP contribution in [0.15, 0.2) is 17.5 Å². The zero-order valence-electron chi connectivity index (χ0n) is 9.58. The summed E-state index contributed by atoms with van der Waals surface area (Å²) >= 11 is 2.26. The van der Waals surface area contributed by atoms with Crippen LogP contribution in [0, 0.1) is 5.92 Å². The van der Waals surface area contributed by atoms with Gasteiger partial charge in [0.1, 0.15) is 5.25 Å². The van der Waals surface area contributed by atoms with Gasteiger partial charge in [-0.25, -0.2) is 0 Å². The second-order valence-electron chi connectivity index (χ2n) is 3.53. The molecule has 0 saturated heterocycles. The van der Waals surface area contributed by atoms with Crippen molar-refractivity contribution in [2.45, 2.75) is 25.5 Å². The Hall–Kier alpha value is -0.520. The van der Waals surface area contributed by atoms with E-state index >= 15 is 0 Å². The summed E-state index contributed by atoms with van der Waals surface area (Å²) < 4.78 is 0. The minimum absolute atomic E-state index is 0. The van der Waals surface area contributed by atoms with E-state index in [1.54, 1.807) is 12.1 Å². The van der Waals surface area contributed by atoms with Crippen molar-refractivity contribution in [3.8, 4) is 0 Å². The average molecular weight is 295 g/mol. The van der Waals surface area contributed by atoms with Crippen molar-refractivity contribution in [3.63, 3.8) is 0 Å². The summed E-state index contributed by atoms with van der Waals surface area (Å²) in [5.74, 6) is -0.921. The first-order valence-corrected chi connectivity index (χ1v) is 6.79. The lowest BCUT2D eigenvalue weighted by Crippen LogP contribution is -2.25. The van der Waals surface area contributed by atoms with Crippen LogP contribution in [0.25, 0.3) is 0 Å². The summed E-state index contributed by atoms with van der Waals surface area (Å²) in [4.78, 5) is 23.4. The molecule has 0 aromatic carbocycles. The summed E-state index contributed by atoms with van der Waals surface area (Å²) in [6.45, 7) is 3.78. The Morgan fingerprint density at radius 2 is 2.18 bits per heavy atom. The number of carbonyl (C=O) groups excluding carboxylic acids is 1. The van der Waals surface area contributed by atoms with Crippen molar-refractivity contribution in [3.05, 3.63) is 22.4 Å². The smallest absolute Gasteiger partial charge is 0.317 e. The van der Waals surface area contributed by atoms with Gasteiger partial charge in [-0.1, -0.05) is 38.1 Å². The van der Waals surface area contributed by atoms with Gasteiger partial charge in [-0.05, 0) is 17.4 Å². The van der Waals surface area contributed by atoms with Crippen LogP contribution in [0.2, 0.25) is 0 Å². The molecule has 1 rings (SSSR count). The van der Waals surface area contributed by atoms with Gasteiger partial charge < -0.3 is 5.11 Å². The predicted molar refractivity (Wildman–Crippen MR) is 74.4 cm³/mol. The van der Waals surface area contributed by atoms with Crippen LogP contribution >= 0.6 is 35.5 Å². The fourth-order valence-corrected chi connectivity index (χ4v) is 2.98. The third kappa shape index (κ3) is 4.69. The molecular weight excluding hydrogens is 280 g/mol. The number of aliphatic carboxylic acids is 1. The molecule has 2 unspecified atom stereocenters. The largest absolute Gasteiger partial charge is 0.480 e. The number of carbonyl (C=O) groups is 2. The highest BCUT2D eigenvalue weighted by molar-refractivity contribution is 8.15. The van der Waals surface area contributed by atoms with E-state index in [0.29, 0.717) is 4.88 Å². The first-order valence-electron chi connectivity index (χ1n) is 5.03. The number of rotatable bonds is 5. The van der Waals surface area contributed by atoms with Crippen molar-refractivity contribution >= 4 is 46.6 Å². The van der Waals surface area contributed by atoms with Gasteiger partial charge in [-0.3, -0.25) is 9.59 Å². The zero-order valence-corrected chi connectivity index (χ0v) is 12.0. The van der Waals surface area contributed by atoms with E-state index in [2.05, 4.69) is 0 Å². The van der Waals surface area contributed by atoms with E-state index in [4.69, 9.17) is 5.11 Å². The SMILES string of the molecule is CCC(C)C(SC(=O)c1cccs1)C(=O)O.Cl. The molecule has 0 aliphatic carbocycles. The van der Waals surface area contributed by atoms with Gasteiger partial charge in [0, 0.05) is 0 Å². The Morgan fingerprint density at radius 1 is 1.53 bits per heavy atom. The Kier molecular flexibility index (Phi) is 7.50. The van der Waals surface area contributed by atoms with Gasteiger partial charge in [0.15, 0.2) is 0 Å².